The van der Waals surface area contributed by atoms with Crippen LogP contribution in [0.25, 0.3) is 22.3 Å². The fraction of sp³-hybridized carbons (Fsp3) is 0.261. The number of nitrogens with one attached hydrogen (secondary N) is 1. The zero-order valence-electron chi connectivity index (χ0n) is 33.3. The molecule has 0 saturated heterocycles. The molecule has 57 heavy (non-hydrogen) atoms. The van der Waals surface area contributed by atoms with E-state index in [0.29, 0.717) is 26.4 Å². The van der Waals surface area contributed by atoms with E-state index in [0.717, 1.165) is 70.8 Å². The largest absolute Gasteiger partial charge is 0.399 e. The van der Waals surface area contributed by atoms with Gasteiger partial charge in [0, 0.05) is 69.6 Å². The third-order valence-corrected chi connectivity index (χ3v) is 9.50. The number of nitrogens with zero attached hydrogens (tertiary/aromatic N) is 2. The Labute approximate surface area is 355 Å². The SMILES string of the molecule is CCOC(OCC)c1ccc(Br)cn1.CCOC(OCC)c1ccc(Nc2ccc(-c3c(C)cccc3Cl)cc2)cn1.Cc1cccc(Cl)c1-c1ccc(N)cc1. The van der Waals surface area contributed by atoms with Crippen LogP contribution in [0.3, 0.4) is 0 Å². The second-order valence-corrected chi connectivity index (χ2v) is 14.3. The van der Waals surface area contributed by atoms with Gasteiger partial charge in [0.1, 0.15) is 0 Å². The molecule has 4 aromatic carbocycles. The minimum atomic E-state index is -0.429. The molecule has 6 rings (SSSR count). The van der Waals surface area contributed by atoms with Gasteiger partial charge < -0.3 is 30.0 Å². The first-order valence-corrected chi connectivity index (χ1v) is 20.4. The first kappa shape index (κ1) is 45.4. The smallest absolute Gasteiger partial charge is 0.201 e. The van der Waals surface area contributed by atoms with Crippen molar-refractivity contribution in [3.63, 3.8) is 0 Å². The standard InChI is InChI=1S/C23H25ClN2O2.C13H12ClN.C10H14BrNO2/c1-4-27-23(28-5-2)21-14-13-19(15-25-21)26-18-11-9-17(10-12-18)22-16(3)7-6-8-20(22)24;1-9-3-2-4-12(14)13(9)10-5-7-11(15)8-6-10;1-3-13-10(14-4-2)9-6-5-8(11)7-12-9/h6-15,23,26H,4-5H2,1-3H3;2-8H,15H2,1H3;5-7,10H,3-4H2,1-2H3. The van der Waals surface area contributed by atoms with Crippen molar-refractivity contribution in [2.75, 3.05) is 37.5 Å². The van der Waals surface area contributed by atoms with Crippen LogP contribution in [0.15, 0.2) is 126 Å². The van der Waals surface area contributed by atoms with Crippen molar-refractivity contribution in [2.24, 2.45) is 0 Å². The second kappa shape index (κ2) is 23.8. The van der Waals surface area contributed by atoms with Gasteiger partial charge in [0.15, 0.2) is 0 Å². The number of aryl methyl sites for hydroxylation is 2. The summed E-state index contributed by atoms with van der Waals surface area (Å²) in [6.45, 7) is 14.2. The lowest BCUT2D eigenvalue weighted by Crippen LogP contribution is -2.10. The van der Waals surface area contributed by atoms with Crippen molar-refractivity contribution in [1.29, 1.82) is 0 Å². The highest BCUT2D eigenvalue weighted by Gasteiger charge is 2.14. The molecule has 0 bridgehead atoms. The highest BCUT2D eigenvalue weighted by molar-refractivity contribution is 9.10. The Morgan fingerprint density at radius 2 is 0.982 bits per heavy atom. The fourth-order valence-electron chi connectivity index (χ4n) is 5.72. The van der Waals surface area contributed by atoms with Crippen molar-refractivity contribution in [2.45, 2.75) is 54.1 Å². The van der Waals surface area contributed by atoms with E-state index in [9.17, 15) is 0 Å². The highest BCUT2D eigenvalue weighted by atomic mass is 79.9. The van der Waals surface area contributed by atoms with Gasteiger partial charge in [-0.15, -0.1) is 0 Å². The number of benzene rings is 4. The lowest BCUT2D eigenvalue weighted by atomic mass is 10.0. The number of halogens is 3. The first-order chi connectivity index (χ1) is 27.6. The number of rotatable bonds is 14. The van der Waals surface area contributed by atoms with Gasteiger partial charge in [-0.3, -0.25) is 9.97 Å². The summed E-state index contributed by atoms with van der Waals surface area (Å²) in [5.41, 5.74) is 16.5. The van der Waals surface area contributed by atoms with Crippen molar-refractivity contribution in [3.05, 3.63) is 159 Å². The van der Waals surface area contributed by atoms with Crippen LogP contribution in [-0.2, 0) is 18.9 Å². The molecule has 300 valence electrons. The number of ether oxygens (including phenoxy) is 4. The Morgan fingerprint density at radius 3 is 1.37 bits per heavy atom. The zero-order valence-corrected chi connectivity index (χ0v) is 36.4. The van der Waals surface area contributed by atoms with E-state index in [1.807, 2.05) is 113 Å². The maximum atomic E-state index is 6.37. The Kier molecular flexibility index (Phi) is 18.9. The molecule has 2 heterocycles. The van der Waals surface area contributed by atoms with Crippen LogP contribution in [0.2, 0.25) is 10.0 Å². The van der Waals surface area contributed by atoms with Crippen LogP contribution in [0.5, 0.6) is 0 Å². The van der Waals surface area contributed by atoms with Gasteiger partial charge in [0.25, 0.3) is 0 Å². The molecule has 3 N–H and O–H groups in total. The minimum Gasteiger partial charge on any atom is -0.399 e. The number of nitrogen functional groups attached to an aromatic ring is 1. The summed E-state index contributed by atoms with van der Waals surface area (Å²) >= 11 is 15.9. The van der Waals surface area contributed by atoms with E-state index in [4.69, 9.17) is 47.9 Å². The molecular formula is C46H51BrCl2N4O4. The first-order valence-electron chi connectivity index (χ1n) is 18.9. The van der Waals surface area contributed by atoms with Crippen LogP contribution in [0.1, 0.15) is 62.8 Å². The molecule has 0 saturated carbocycles. The molecule has 0 fully saturated rings. The van der Waals surface area contributed by atoms with Crippen LogP contribution >= 0.6 is 39.1 Å². The van der Waals surface area contributed by atoms with Crippen molar-refractivity contribution >= 4 is 56.2 Å². The number of pyridine rings is 2. The van der Waals surface area contributed by atoms with Crippen LogP contribution < -0.4 is 11.1 Å². The monoisotopic (exact) mass is 872 g/mol. The van der Waals surface area contributed by atoms with E-state index in [-0.39, 0.29) is 6.29 Å². The molecule has 0 aliphatic carbocycles. The van der Waals surface area contributed by atoms with Gasteiger partial charge in [-0.25, -0.2) is 0 Å². The number of hydrogen-bond acceptors (Lipinski definition) is 8. The Morgan fingerprint density at radius 1 is 0.561 bits per heavy atom. The van der Waals surface area contributed by atoms with Gasteiger partial charge in [0.05, 0.1) is 23.3 Å². The summed E-state index contributed by atoms with van der Waals surface area (Å²) < 4.78 is 22.9. The molecule has 0 amide bonds. The highest BCUT2D eigenvalue weighted by Crippen LogP contribution is 2.33. The third-order valence-electron chi connectivity index (χ3n) is 8.40. The van der Waals surface area contributed by atoms with Gasteiger partial charge in [-0.1, -0.05) is 71.7 Å². The fourth-order valence-corrected chi connectivity index (χ4v) is 6.62. The average Bonchev–Trinajstić information content (AvgIpc) is 3.20. The van der Waals surface area contributed by atoms with Gasteiger partial charge >= 0.3 is 0 Å². The molecule has 6 aromatic rings. The predicted octanol–water partition coefficient (Wildman–Crippen LogP) is 13.3. The summed E-state index contributed by atoms with van der Waals surface area (Å²) in [7, 11) is 0. The van der Waals surface area contributed by atoms with E-state index in [1.165, 1.54) is 5.56 Å². The summed E-state index contributed by atoms with van der Waals surface area (Å²) in [6.07, 6.45) is 2.74. The molecule has 11 heteroatoms. The summed E-state index contributed by atoms with van der Waals surface area (Å²) in [6, 6.07) is 35.5. The summed E-state index contributed by atoms with van der Waals surface area (Å²) in [5, 5.41) is 4.91. The number of hydrogen-bond donors (Lipinski definition) is 2. The second-order valence-electron chi connectivity index (χ2n) is 12.5. The van der Waals surface area contributed by atoms with E-state index >= 15 is 0 Å². The predicted molar refractivity (Wildman–Crippen MR) is 239 cm³/mol. The number of aromatic nitrogens is 2. The summed E-state index contributed by atoms with van der Waals surface area (Å²) in [5.74, 6) is 0. The lowest BCUT2D eigenvalue weighted by molar-refractivity contribution is -0.142. The van der Waals surface area contributed by atoms with Crippen LogP contribution in [0, 0.1) is 13.8 Å². The maximum Gasteiger partial charge on any atom is 0.201 e. The van der Waals surface area contributed by atoms with Crippen LogP contribution in [0.4, 0.5) is 17.1 Å². The lowest BCUT2D eigenvalue weighted by Gasteiger charge is -2.16. The van der Waals surface area contributed by atoms with Gasteiger partial charge in [-0.2, -0.15) is 0 Å². The molecular weight excluding hydrogens is 823 g/mol. The van der Waals surface area contributed by atoms with E-state index < -0.39 is 6.29 Å². The number of anilines is 3. The van der Waals surface area contributed by atoms with E-state index in [2.05, 4.69) is 69.3 Å². The summed E-state index contributed by atoms with van der Waals surface area (Å²) in [4.78, 5) is 8.69. The van der Waals surface area contributed by atoms with Gasteiger partial charge in [-0.05, 0) is 140 Å². The van der Waals surface area contributed by atoms with Gasteiger partial charge in [0.2, 0.25) is 12.6 Å². The van der Waals surface area contributed by atoms with Crippen molar-refractivity contribution in [1.82, 2.24) is 9.97 Å². The normalized spacial score (nSPS) is 10.8. The molecule has 0 radical (unpaired) electrons. The maximum absolute atomic E-state index is 6.37. The Bertz CT molecular complexity index is 2030. The third kappa shape index (κ3) is 13.9. The molecule has 0 aliphatic heterocycles. The molecule has 0 unspecified atom stereocenters. The average molecular weight is 875 g/mol. The minimum absolute atomic E-state index is 0.349. The Hall–Kier alpha value is -4.32. The molecule has 0 aliphatic rings. The number of nitrogens with two attached hydrogens (primary N) is 1. The molecule has 0 spiro atoms. The zero-order chi connectivity index (χ0) is 41.2. The Balaban J connectivity index is 0.000000209. The van der Waals surface area contributed by atoms with E-state index in [1.54, 1.807) is 12.4 Å². The molecule has 8 nitrogen and oxygen atoms in total. The van der Waals surface area contributed by atoms with Crippen molar-refractivity contribution < 1.29 is 18.9 Å². The molecule has 0 atom stereocenters. The van der Waals surface area contributed by atoms with Crippen LogP contribution in [-0.4, -0.2) is 36.4 Å². The molecule has 2 aromatic heterocycles. The quantitative estimate of drug-likeness (QED) is 0.0824. The topological polar surface area (TPSA) is 101 Å². The van der Waals surface area contributed by atoms with Crippen molar-refractivity contribution in [3.8, 4) is 22.3 Å².